The molecular formula is C11H20ClN. The zero-order valence-corrected chi connectivity index (χ0v) is 9.32. The first-order valence-electron chi connectivity index (χ1n) is 5.50. The highest BCUT2D eigenvalue weighted by Gasteiger charge is 2.34. The summed E-state index contributed by atoms with van der Waals surface area (Å²) in [6, 6.07) is 0. The number of rotatable bonds is 3. The van der Waals surface area contributed by atoms with Crippen molar-refractivity contribution in [3.8, 4) is 0 Å². The van der Waals surface area contributed by atoms with Crippen LogP contribution in [-0.4, -0.2) is 30.4 Å². The van der Waals surface area contributed by atoms with E-state index in [9.17, 15) is 0 Å². The SMILES string of the molecule is CC1(CCl)CCN(CC2CCC2)C1. The third-order valence-electron chi connectivity index (χ3n) is 3.70. The number of nitrogens with zero attached hydrogens (tertiary/aromatic N) is 1. The Kier molecular flexibility index (Phi) is 2.85. The van der Waals surface area contributed by atoms with Gasteiger partial charge in [0.1, 0.15) is 0 Å². The van der Waals surface area contributed by atoms with Gasteiger partial charge in [0.25, 0.3) is 0 Å². The number of halogens is 1. The fourth-order valence-electron chi connectivity index (χ4n) is 2.43. The van der Waals surface area contributed by atoms with Crippen LogP contribution in [-0.2, 0) is 0 Å². The Morgan fingerprint density at radius 2 is 2.23 bits per heavy atom. The van der Waals surface area contributed by atoms with Crippen LogP contribution in [0, 0.1) is 11.3 Å². The molecule has 13 heavy (non-hydrogen) atoms. The van der Waals surface area contributed by atoms with Gasteiger partial charge in [0.15, 0.2) is 0 Å². The van der Waals surface area contributed by atoms with Gasteiger partial charge in [-0.05, 0) is 37.1 Å². The number of alkyl halides is 1. The molecule has 0 aromatic heterocycles. The van der Waals surface area contributed by atoms with Crippen molar-refractivity contribution in [1.29, 1.82) is 0 Å². The normalized spacial score (nSPS) is 36.5. The molecule has 0 radical (unpaired) electrons. The number of hydrogen-bond donors (Lipinski definition) is 0. The first kappa shape index (κ1) is 9.79. The van der Waals surface area contributed by atoms with E-state index in [2.05, 4.69) is 11.8 Å². The van der Waals surface area contributed by atoms with E-state index in [0.29, 0.717) is 5.41 Å². The molecule has 0 spiro atoms. The Morgan fingerprint density at radius 1 is 1.46 bits per heavy atom. The van der Waals surface area contributed by atoms with Crippen molar-refractivity contribution in [2.24, 2.45) is 11.3 Å². The maximum absolute atomic E-state index is 5.97. The topological polar surface area (TPSA) is 3.24 Å². The average molecular weight is 202 g/mol. The second-order valence-corrected chi connectivity index (χ2v) is 5.49. The highest BCUT2D eigenvalue weighted by molar-refractivity contribution is 6.18. The smallest absolute Gasteiger partial charge is 0.0290 e. The number of hydrogen-bond acceptors (Lipinski definition) is 1. The van der Waals surface area contributed by atoms with Gasteiger partial charge in [-0.25, -0.2) is 0 Å². The third-order valence-corrected chi connectivity index (χ3v) is 4.35. The first-order chi connectivity index (χ1) is 6.22. The largest absolute Gasteiger partial charge is 0.302 e. The molecular weight excluding hydrogens is 182 g/mol. The Balaban J connectivity index is 1.77. The van der Waals surface area contributed by atoms with Crippen molar-refractivity contribution in [3.63, 3.8) is 0 Å². The van der Waals surface area contributed by atoms with Crippen molar-refractivity contribution in [2.45, 2.75) is 32.6 Å². The molecule has 0 aromatic rings. The fourth-order valence-corrected chi connectivity index (χ4v) is 2.65. The van der Waals surface area contributed by atoms with Gasteiger partial charge in [0.05, 0.1) is 0 Å². The van der Waals surface area contributed by atoms with E-state index in [1.54, 1.807) is 0 Å². The third kappa shape index (κ3) is 2.19. The molecule has 1 saturated carbocycles. The van der Waals surface area contributed by atoms with Gasteiger partial charge in [-0.1, -0.05) is 13.3 Å². The van der Waals surface area contributed by atoms with Crippen LogP contribution in [0.2, 0.25) is 0 Å². The molecule has 2 aliphatic rings. The minimum Gasteiger partial charge on any atom is -0.302 e. The summed E-state index contributed by atoms with van der Waals surface area (Å²) in [5.41, 5.74) is 0.408. The molecule has 0 N–H and O–H groups in total. The standard InChI is InChI=1S/C11H20ClN/c1-11(8-12)5-6-13(9-11)7-10-3-2-4-10/h10H,2-9H2,1H3. The summed E-state index contributed by atoms with van der Waals surface area (Å²) in [6.07, 6.45) is 5.69. The molecule has 0 aromatic carbocycles. The van der Waals surface area contributed by atoms with E-state index in [-0.39, 0.29) is 0 Å². The second kappa shape index (κ2) is 3.78. The lowest BCUT2D eigenvalue weighted by molar-refractivity contribution is 0.192. The average Bonchev–Trinajstić information content (AvgIpc) is 2.42. The van der Waals surface area contributed by atoms with Gasteiger partial charge < -0.3 is 4.90 Å². The predicted molar refractivity (Wildman–Crippen MR) is 57.2 cm³/mol. The quantitative estimate of drug-likeness (QED) is 0.635. The molecule has 76 valence electrons. The van der Waals surface area contributed by atoms with Gasteiger partial charge in [-0.15, -0.1) is 11.6 Å². The number of likely N-dealkylation sites (tertiary alicyclic amines) is 1. The zero-order valence-electron chi connectivity index (χ0n) is 8.56. The van der Waals surface area contributed by atoms with Crippen molar-refractivity contribution in [3.05, 3.63) is 0 Å². The molecule has 2 fully saturated rings. The molecule has 1 heterocycles. The van der Waals surface area contributed by atoms with Gasteiger partial charge >= 0.3 is 0 Å². The summed E-state index contributed by atoms with van der Waals surface area (Å²) in [7, 11) is 0. The minimum absolute atomic E-state index is 0.408. The molecule has 2 heteroatoms. The fraction of sp³-hybridized carbons (Fsp3) is 1.00. The summed E-state index contributed by atoms with van der Waals surface area (Å²) in [4.78, 5) is 2.62. The van der Waals surface area contributed by atoms with Crippen molar-refractivity contribution in [2.75, 3.05) is 25.5 Å². The lowest BCUT2D eigenvalue weighted by Gasteiger charge is -2.30. The maximum Gasteiger partial charge on any atom is 0.0290 e. The van der Waals surface area contributed by atoms with E-state index >= 15 is 0 Å². The van der Waals surface area contributed by atoms with Crippen LogP contribution in [0.25, 0.3) is 0 Å². The van der Waals surface area contributed by atoms with Crippen molar-refractivity contribution >= 4 is 11.6 Å². The maximum atomic E-state index is 5.97. The Morgan fingerprint density at radius 3 is 2.69 bits per heavy atom. The highest BCUT2D eigenvalue weighted by atomic mass is 35.5. The monoisotopic (exact) mass is 201 g/mol. The van der Waals surface area contributed by atoms with Crippen LogP contribution in [0.4, 0.5) is 0 Å². The van der Waals surface area contributed by atoms with Gasteiger partial charge in [0, 0.05) is 19.0 Å². The summed E-state index contributed by atoms with van der Waals surface area (Å²) in [5, 5.41) is 0. The van der Waals surface area contributed by atoms with Crippen molar-refractivity contribution < 1.29 is 0 Å². The van der Waals surface area contributed by atoms with Crippen LogP contribution in [0.3, 0.4) is 0 Å². The van der Waals surface area contributed by atoms with Gasteiger partial charge in [0.2, 0.25) is 0 Å². The molecule has 1 atom stereocenters. The molecule has 1 aliphatic heterocycles. The van der Waals surface area contributed by atoms with Gasteiger partial charge in [-0.2, -0.15) is 0 Å². The van der Waals surface area contributed by atoms with Gasteiger partial charge in [-0.3, -0.25) is 0 Å². The summed E-state index contributed by atoms with van der Waals surface area (Å²) >= 11 is 5.97. The van der Waals surface area contributed by atoms with E-state index < -0.39 is 0 Å². The lowest BCUT2D eigenvalue weighted by Crippen LogP contribution is -2.32. The molecule has 2 rings (SSSR count). The van der Waals surface area contributed by atoms with Crippen LogP contribution in [0.15, 0.2) is 0 Å². The zero-order chi connectivity index (χ0) is 9.31. The van der Waals surface area contributed by atoms with E-state index in [1.807, 2.05) is 0 Å². The molecule has 1 nitrogen and oxygen atoms in total. The highest BCUT2D eigenvalue weighted by Crippen LogP contribution is 2.34. The van der Waals surface area contributed by atoms with E-state index in [1.165, 1.54) is 45.3 Å². The lowest BCUT2D eigenvalue weighted by atomic mass is 9.85. The molecule has 0 bridgehead atoms. The Labute approximate surface area is 86.4 Å². The summed E-state index contributed by atoms with van der Waals surface area (Å²) < 4.78 is 0. The second-order valence-electron chi connectivity index (χ2n) is 5.23. The van der Waals surface area contributed by atoms with E-state index in [0.717, 1.165) is 11.8 Å². The van der Waals surface area contributed by atoms with Crippen LogP contribution < -0.4 is 0 Å². The minimum atomic E-state index is 0.408. The molecule has 1 aliphatic carbocycles. The van der Waals surface area contributed by atoms with E-state index in [4.69, 9.17) is 11.6 Å². The summed E-state index contributed by atoms with van der Waals surface area (Å²) in [6.45, 7) is 6.17. The van der Waals surface area contributed by atoms with Crippen LogP contribution in [0.5, 0.6) is 0 Å². The Bertz CT molecular complexity index is 179. The van der Waals surface area contributed by atoms with Crippen molar-refractivity contribution in [1.82, 2.24) is 4.90 Å². The summed E-state index contributed by atoms with van der Waals surface area (Å²) in [5.74, 6) is 1.84. The molecule has 0 amide bonds. The molecule has 1 unspecified atom stereocenters. The molecule has 1 saturated heterocycles. The predicted octanol–water partition coefficient (Wildman–Crippen LogP) is 2.74. The Hall–Kier alpha value is 0.250. The van der Waals surface area contributed by atoms with Crippen LogP contribution >= 0.6 is 11.6 Å². The first-order valence-corrected chi connectivity index (χ1v) is 6.04. The van der Waals surface area contributed by atoms with Crippen LogP contribution in [0.1, 0.15) is 32.6 Å².